The van der Waals surface area contributed by atoms with Gasteiger partial charge in [0.15, 0.2) is 0 Å². The molecule has 2 fully saturated rings. The number of hydrogen-bond donors (Lipinski definition) is 2. The zero-order chi connectivity index (χ0) is 18.4. The third-order valence-corrected chi connectivity index (χ3v) is 5.41. The lowest BCUT2D eigenvalue weighted by Crippen LogP contribution is -2.49. The van der Waals surface area contributed by atoms with Gasteiger partial charge in [0.05, 0.1) is 0 Å². The molecule has 0 bridgehead atoms. The molecule has 3 amide bonds. The van der Waals surface area contributed by atoms with Crippen molar-refractivity contribution in [2.75, 3.05) is 33.2 Å². The highest BCUT2D eigenvalue weighted by Crippen LogP contribution is 2.19. The molecule has 2 aliphatic rings. The summed E-state index contributed by atoms with van der Waals surface area (Å²) in [5.74, 6) is 0.204. The third kappa shape index (κ3) is 6.11. The minimum Gasteiger partial charge on any atom is -0.353 e. The third-order valence-electron chi connectivity index (χ3n) is 5.41. The van der Waals surface area contributed by atoms with Gasteiger partial charge >= 0.3 is 6.03 Å². The van der Waals surface area contributed by atoms with Crippen molar-refractivity contribution in [2.24, 2.45) is 5.92 Å². The molecule has 0 aliphatic carbocycles. The molecule has 6 nitrogen and oxygen atoms in total. The normalized spacial score (nSPS) is 18.5. The fraction of sp³-hybridized carbons (Fsp3) is 0.600. The van der Waals surface area contributed by atoms with Crippen LogP contribution >= 0.6 is 12.4 Å². The van der Waals surface area contributed by atoms with Gasteiger partial charge in [-0.05, 0) is 44.3 Å². The summed E-state index contributed by atoms with van der Waals surface area (Å²) in [5.41, 5.74) is 1.12. The molecule has 3 rings (SSSR count). The van der Waals surface area contributed by atoms with E-state index in [1.54, 1.807) is 4.90 Å². The molecular weight excluding hydrogens is 364 g/mol. The number of nitrogens with zero attached hydrogens (tertiary/aromatic N) is 2. The van der Waals surface area contributed by atoms with Crippen molar-refractivity contribution in [1.82, 2.24) is 20.4 Å². The number of hydrogen-bond acceptors (Lipinski definition) is 3. The molecule has 7 heteroatoms. The first-order valence-corrected chi connectivity index (χ1v) is 9.68. The summed E-state index contributed by atoms with van der Waals surface area (Å²) in [4.78, 5) is 28.7. The number of piperidine rings is 2. The maximum Gasteiger partial charge on any atom is 0.320 e. The highest BCUT2D eigenvalue weighted by Gasteiger charge is 2.29. The number of carbonyl (C=O) groups is 2. The molecule has 2 heterocycles. The standard InChI is InChI=1S/C20H30N4O2.ClH/c1-23(15-16-5-3-2-4-6-16)20(26)24-13-9-17(10-14-24)19(25)22-18-7-11-21-12-8-18;/h2-6,17-18,21H,7-15H2,1H3,(H,22,25);1H. The van der Waals surface area contributed by atoms with E-state index < -0.39 is 0 Å². The number of nitrogens with one attached hydrogen (secondary N) is 2. The monoisotopic (exact) mass is 394 g/mol. The molecule has 0 aromatic heterocycles. The summed E-state index contributed by atoms with van der Waals surface area (Å²) in [6.45, 7) is 3.87. The molecule has 0 unspecified atom stereocenters. The Morgan fingerprint density at radius 2 is 1.74 bits per heavy atom. The Balaban J connectivity index is 0.00000261. The van der Waals surface area contributed by atoms with E-state index in [0.29, 0.717) is 25.7 Å². The number of halogens is 1. The Morgan fingerprint density at radius 3 is 2.37 bits per heavy atom. The van der Waals surface area contributed by atoms with Gasteiger partial charge in [-0.2, -0.15) is 0 Å². The topological polar surface area (TPSA) is 64.7 Å². The van der Waals surface area contributed by atoms with Crippen LogP contribution in [0.15, 0.2) is 30.3 Å². The van der Waals surface area contributed by atoms with Gasteiger partial charge in [0.2, 0.25) is 5.91 Å². The smallest absolute Gasteiger partial charge is 0.320 e. The van der Waals surface area contributed by atoms with Gasteiger partial charge < -0.3 is 20.4 Å². The number of likely N-dealkylation sites (tertiary alicyclic amines) is 1. The second-order valence-electron chi connectivity index (χ2n) is 7.42. The minimum atomic E-state index is 0. The predicted octanol–water partition coefficient (Wildman–Crippen LogP) is 2.24. The molecule has 2 aliphatic heterocycles. The molecule has 0 saturated carbocycles. The van der Waals surface area contributed by atoms with Crippen LogP contribution in [0.5, 0.6) is 0 Å². The maximum atomic E-state index is 12.6. The number of urea groups is 1. The summed E-state index contributed by atoms with van der Waals surface area (Å²) in [6, 6.07) is 10.4. The van der Waals surface area contributed by atoms with Crippen LogP contribution in [0.2, 0.25) is 0 Å². The number of rotatable bonds is 4. The minimum absolute atomic E-state index is 0. The van der Waals surface area contributed by atoms with Gasteiger partial charge in [-0.25, -0.2) is 4.79 Å². The molecule has 0 atom stereocenters. The van der Waals surface area contributed by atoms with E-state index in [-0.39, 0.29) is 30.3 Å². The fourth-order valence-electron chi connectivity index (χ4n) is 3.78. The average Bonchev–Trinajstić information content (AvgIpc) is 2.69. The maximum absolute atomic E-state index is 12.6. The van der Waals surface area contributed by atoms with E-state index in [4.69, 9.17) is 0 Å². The van der Waals surface area contributed by atoms with Crippen LogP contribution in [0.3, 0.4) is 0 Å². The molecule has 27 heavy (non-hydrogen) atoms. The largest absolute Gasteiger partial charge is 0.353 e. The molecule has 1 aromatic carbocycles. The van der Waals surface area contributed by atoms with Gasteiger partial charge in [0.25, 0.3) is 0 Å². The van der Waals surface area contributed by atoms with Crippen molar-refractivity contribution in [3.8, 4) is 0 Å². The highest BCUT2D eigenvalue weighted by molar-refractivity contribution is 5.85. The first-order valence-electron chi connectivity index (χ1n) is 9.68. The van der Waals surface area contributed by atoms with E-state index in [2.05, 4.69) is 10.6 Å². The van der Waals surface area contributed by atoms with E-state index >= 15 is 0 Å². The SMILES string of the molecule is CN(Cc1ccccc1)C(=O)N1CCC(C(=O)NC2CCNCC2)CC1.Cl. The summed E-state index contributed by atoms with van der Waals surface area (Å²) < 4.78 is 0. The van der Waals surface area contributed by atoms with E-state index in [9.17, 15) is 9.59 Å². The van der Waals surface area contributed by atoms with Crippen LogP contribution in [-0.4, -0.2) is 61.0 Å². The van der Waals surface area contributed by atoms with Crippen LogP contribution in [0.4, 0.5) is 4.79 Å². The summed E-state index contributed by atoms with van der Waals surface area (Å²) in [5, 5.41) is 6.51. The Kier molecular flexibility index (Phi) is 8.38. The Hall–Kier alpha value is -1.79. The summed E-state index contributed by atoms with van der Waals surface area (Å²) >= 11 is 0. The van der Waals surface area contributed by atoms with Crippen molar-refractivity contribution in [3.63, 3.8) is 0 Å². The fourth-order valence-corrected chi connectivity index (χ4v) is 3.78. The van der Waals surface area contributed by atoms with Crippen LogP contribution in [0.1, 0.15) is 31.2 Å². The van der Waals surface area contributed by atoms with Gasteiger partial charge in [-0.15, -0.1) is 12.4 Å². The van der Waals surface area contributed by atoms with Crippen LogP contribution in [0, 0.1) is 5.92 Å². The van der Waals surface area contributed by atoms with Crippen LogP contribution in [0.25, 0.3) is 0 Å². The lowest BCUT2D eigenvalue weighted by Gasteiger charge is -2.35. The first kappa shape index (κ1) is 21.5. The van der Waals surface area contributed by atoms with Crippen molar-refractivity contribution in [3.05, 3.63) is 35.9 Å². The Morgan fingerprint density at radius 1 is 1.11 bits per heavy atom. The number of carbonyl (C=O) groups excluding carboxylic acids is 2. The molecule has 2 saturated heterocycles. The van der Waals surface area contributed by atoms with E-state index in [1.165, 1.54) is 0 Å². The highest BCUT2D eigenvalue weighted by atomic mass is 35.5. The molecule has 0 spiro atoms. The summed E-state index contributed by atoms with van der Waals surface area (Å²) in [6.07, 6.45) is 3.52. The molecule has 1 aromatic rings. The zero-order valence-corrected chi connectivity index (χ0v) is 16.8. The van der Waals surface area contributed by atoms with Crippen molar-refractivity contribution in [1.29, 1.82) is 0 Å². The number of amides is 3. The first-order chi connectivity index (χ1) is 12.6. The van der Waals surface area contributed by atoms with Gasteiger partial charge in [-0.3, -0.25) is 4.79 Å². The molecular formula is C20H31ClN4O2. The van der Waals surface area contributed by atoms with Crippen LogP contribution < -0.4 is 10.6 Å². The van der Waals surface area contributed by atoms with E-state index in [1.807, 2.05) is 42.3 Å². The predicted molar refractivity (Wildman–Crippen MR) is 109 cm³/mol. The Labute approximate surface area is 168 Å². The number of benzene rings is 1. The zero-order valence-electron chi connectivity index (χ0n) is 16.0. The van der Waals surface area contributed by atoms with Gasteiger partial charge in [-0.1, -0.05) is 30.3 Å². The van der Waals surface area contributed by atoms with Crippen molar-refractivity contribution >= 4 is 24.3 Å². The van der Waals surface area contributed by atoms with Crippen LogP contribution in [-0.2, 0) is 11.3 Å². The molecule has 0 radical (unpaired) electrons. The van der Waals surface area contributed by atoms with E-state index in [0.717, 1.165) is 44.3 Å². The molecule has 2 N–H and O–H groups in total. The van der Waals surface area contributed by atoms with Gasteiger partial charge in [0.1, 0.15) is 0 Å². The molecule has 150 valence electrons. The second kappa shape index (κ2) is 10.5. The van der Waals surface area contributed by atoms with Gasteiger partial charge in [0, 0.05) is 38.6 Å². The lowest BCUT2D eigenvalue weighted by molar-refractivity contribution is -0.127. The quantitative estimate of drug-likeness (QED) is 0.823. The summed E-state index contributed by atoms with van der Waals surface area (Å²) in [7, 11) is 1.84. The average molecular weight is 395 g/mol. The Bertz CT molecular complexity index is 599. The second-order valence-corrected chi connectivity index (χ2v) is 7.42. The van der Waals surface area contributed by atoms with Crippen molar-refractivity contribution < 1.29 is 9.59 Å². The lowest BCUT2D eigenvalue weighted by atomic mass is 9.95. The van der Waals surface area contributed by atoms with Crippen molar-refractivity contribution in [2.45, 2.75) is 38.3 Å².